The smallest absolute Gasteiger partial charge is 0.193 e. The second kappa shape index (κ2) is 8.97. The molecule has 0 aliphatic heterocycles. The van der Waals surface area contributed by atoms with Gasteiger partial charge in [-0.25, -0.2) is 0 Å². The van der Waals surface area contributed by atoms with Crippen LogP contribution in [0.4, 0.5) is 0 Å². The Morgan fingerprint density at radius 2 is 1.96 bits per heavy atom. The number of nitrogens with one attached hydrogen (secondary N) is 1. The summed E-state index contributed by atoms with van der Waals surface area (Å²) in [6, 6.07) is 13.7. The molecule has 0 aliphatic carbocycles. The molecule has 0 unspecified atom stereocenters. The van der Waals surface area contributed by atoms with Crippen LogP contribution >= 0.6 is 0 Å². The van der Waals surface area contributed by atoms with Crippen molar-refractivity contribution in [3.63, 3.8) is 0 Å². The van der Waals surface area contributed by atoms with Gasteiger partial charge in [-0.3, -0.25) is 4.99 Å². The van der Waals surface area contributed by atoms with Crippen molar-refractivity contribution in [2.75, 3.05) is 27.7 Å². The lowest BCUT2D eigenvalue weighted by Crippen LogP contribution is -2.39. The number of phenolic OH excluding ortho intramolecular Hbond substituents is 1. The molecule has 0 amide bonds. The number of ether oxygens (including phenoxy) is 1. The zero-order valence-electron chi connectivity index (χ0n) is 15.4. The lowest BCUT2D eigenvalue weighted by Gasteiger charge is -2.23. The van der Waals surface area contributed by atoms with Gasteiger partial charge in [-0.05, 0) is 36.1 Å². The number of aromatic hydroxyl groups is 1. The van der Waals surface area contributed by atoms with Crippen molar-refractivity contribution in [1.29, 1.82) is 0 Å². The van der Waals surface area contributed by atoms with Crippen LogP contribution in [0.25, 0.3) is 0 Å². The van der Waals surface area contributed by atoms with Crippen LogP contribution < -0.4 is 10.1 Å². The van der Waals surface area contributed by atoms with E-state index in [9.17, 15) is 5.11 Å². The van der Waals surface area contributed by atoms with Crippen molar-refractivity contribution in [2.24, 2.45) is 4.99 Å². The Bertz CT molecular complexity index is 729. The Kier molecular flexibility index (Phi) is 6.69. The van der Waals surface area contributed by atoms with E-state index in [1.807, 2.05) is 25.2 Å². The first-order chi connectivity index (χ1) is 12.0. The topological polar surface area (TPSA) is 57.1 Å². The molecule has 5 heteroatoms. The van der Waals surface area contributed by atoms with Crippen LogP contribution in [0.5, 0.6) is 11.5 Å². The monoisotopic (exact) mass is 341 g/mol. The molecule has 2 rings (SSSR count). The summed E-state index contributed by atoms with van der Waals surface area (Å²) in [5.74, 6) is 1.74. The highest BCUT2D eigenvalue weighted by molar-refractivity contribution is 5.79. The van der Waals surface area contributed by atoms with Gasteiger partial charge in [0.15, 0.2) is 5.96 Å². The molecule has 2 aromatic carbocycles. The summed E-state index contributed by atoms with van der Waals surface area (Å²) in [5, 5.41) is 13.4. The summed E-state index contributed by atoms with van der Waals surface area (Å²) in [5.41, 5.74) is 3.43. The molecule has 0 aromatic heterocycles. The third kappa shape index (κ3) is 5.14. The molecular formula is C20H27N3O2. The minimum atomic E-state index is 0.254. The van der Waals surface area contributed by atoms with Crippen LogP contribution in [0, 0.1) is 6.92 Å². The zero-order valence-corrected chi connectivity index (χ0v) is 15.4. The summed E-state index contributed by atoms with van der Waals surface area (Å²) in [7, 11) is 5.39. The summed E-state index contributed by atoms with van der Waals surface area (Å²) in [6.07, 6.45) is 0.701. The molecule has 2 N–H and O–H groups in total. The molecule has 0 spiro atoms. The number of hydrogen-bond acceptors (Lipinski definition) is 3. The zero-order chi connectivity index (χ0) is 18.2. The van der Waals surface area contributed by atoms with Gasteiger partial charge in [0.05, 0.1) is 7.11 Å². The molecule has 2 aromatic rings. The molecule has 0 aliphatic rings. The van der Waals surface area contributed by atoms with Crippen molar-refractivity contribution >= 4 is 5.96 Å². The Morgan fingerprint density at radius 3 is 2.60 bits per heavy atom. The Labute approximate surface area is 150 Å². The second-order valence-corrected chi connectivity index (χ2v) is 6.00. The van der Waals surface area contributed by atoms with E-state index in [1.54, 1.807) is 20.2 Å². The van der Waals surface area contributed by atoms with E-state index in [1.165, 1.54) is 11.1 Å². The predicted octanol–water partition coefficient (Wildman–Crippen LogP) is 2.96. The standard InChI is InChI=1S/C20H27N3O2/c1-15-7-5-6-8-17(15)14-23(3)20(21-2)22-12-11-16-9-10-18(25-4)13-19(16)24/h5-10,13,24H,11-12,14H2,1-4H3,(H,21,22). The first kappa shape index (κ1) is 18.6. The maximum atomic E-state index is 10.0. The van der Waals surface area contributed by atoms with Gasteiger partial charge in [0.25, 0.3) is 0 Å². The number of methoxy groups -OCH3 is 1. The van der Waals surface area contributed by atoms with Crippen molar-refractivity contribution in [2.45, 2.75) is 19.9 Å². The molecular weight excluding hydrogens is 314 g/mol. The normalized spacial score (nSPS) is 11.3. The molecule has 134 valence electrons. The fraction of sp³-hybridized carbons (Fsp3) is 0.350. The first-order valence-electron chi connectivity index (χ1n) is 8.37. The van der Waals surface area contributed by atoms with Gasteiger partial charge in [0.1, 0.15) is 11.5 Å². The average molecular weight is 341 g/mol. The van der Waals surface area contributed by atoms with Crippen LogP contribution in [0.2, 0.25) is 0 Å². The van der Waals surface area contributed by atoms with Crippen molar-refractivity contribution in [1.82, 2.24) is 10.2 Å². The Balaban J connectivity index is 1.91. The number of guanidine groups is 1. The molecule has 0 atom stereocenters. The highest BCUT2D eigenvalue weighted by Gasteiger charge is 2.09. The average Bonchev–Trinajstić information content (AvgIpc) is 2.61. The van der Waals surface area contributed by atoms with E-state index < -0.39 is 0 Å². The van der Waals surface area contributed by atoms with Crippen molar-refractivity contribution in [3.8, 4) is 11.5 Å². The number of hydrogen-bond donors (Lipinski definition) is 2. The van der Waals surface area contributed by atoms with Crippen LogP contribution in [0.1, 0.15) is 16.7 Å². The molecule has 5 nitrogen and oxygen atoms in total. The quantitative estimate of drug-likeness (QED) is 0.626. The highest BCUT2D eigenvalue weighted by Crippen LogP contribution is 2.23. The molecule has 25 heavy (non-hydrogen) atoms. The summed E-state index contributed by atoms with van der Waals surface area (Å²) >= 11 is 0. The summed E-state index contributed by atoms with van der Waals surface area (Å²) in [4.78, 5) is 6.44. The van der Waals surface area contributed by atoms with Crippen LogP contribution in [-0.2, 0) is 13.0 Å². The molecule has 0 saturated carbocycles. The van der Waals surface area contributed by atoms with Gasteiger partial charge >= 0.3 is 0 Å². The minimum Gasteiger partial charge on any atom is -0.508 e. The fourth-order valence-electron chi connectivity index (χ4n) is 2.69. The number of benzene rings is 2. The third-order valence-electron chi connectivity index (χ3n) is 4.21. The minimum absolute atomic E-state index is 0.254. The van der Waals surface area contributed by atoms with Gasteiger partial charge in [0, 0.05) is 33.3 Å². The molecule has 0 heterocycles. The largest absolute Gasteiger partial charge is 0.508 e. The lowest BCUT2D eigenvalue weighted by molar-refractivity contribution is 0.406. The van der Waals surface area contributed by atoms with E-state index in [4.69, 9.17) is 4.74 Å². The molecule has 0 fully saturated rings. The van der Waals surface area contributed by atoms with Crippen molar-refractivity contribution in [3.05, 3.63) is 59.2 Å². The number of phenols is 1. The maximum absolute atomic E-state index is 10.0. The maximum Gasteiger partial charge on any atom is 0.193 e. The van der Waals surface area contributed by atoms with Gasteiger partial charge in [-0.2, -0.15) is 0 Å². The molecule has 0 radical (unpaired) electrons. The van der Waals surface area contributed by atoms with Gasteiger partial charge in [0.2, 0.25) is 0 Å². The number of aryl methyl sites for hydroxylation is 1. The second-order valence-electron chi connectivity index (χ2n) is 6.00. The predicted molar refractivity (Wildman–Crippen MR) is 102 cm³/mol. The summed E-state index contributed by atoms with van der Waals surface area (Å²) < 4.78 is 5.11. The van der Waals surface area contributed by atoms with E-state index >= 15 is 0 Å². The van der Waals surface area contributed by atoms with Gasteiger partial charge < -0.3 is 20.1 Å². The van der Waals surface area contributed by atoms with E-state index in [-0.39, 0.29) is 5.75 Å². The number of nitrogens with zero attached hydrogens (tertiary/aromatic N) is 2. The van der Waals surface area contributed by atoms with Gasteiger partial charge in [-0.15, -0.1) is 0 Å². The Hall–Kier alpha value is -2.69. The van der Waals surface area contributed by atoms with Crippen LogP contribution in [-0.4, -0.2) is 43.7 Å². The van der Waals surface area contributed by atoms with Gasteiger partial charge in [-0.1, -0.05) is 30.3 Å². The number of aliphatic imine (C=N–C) groups is 1. The highest BCUT2D eigenvalue weighted by atomic mass is 16.5. The summed E-state index contributed by atoms with van der Waals surface area (Å²) in [6.45, 7) is 3.59. The van der Waals surface area contributed by atoms with E-state index in [2.05, 4.69) is 40.3 Å². The fourth-order valence-corrected chi connectivity index (χ4v) is 2.69. The molecule has 0 bridgehead atoms. The Morgan fingerprint density at radius 1 is 1.20 bits per heavy atom. The van der Waals surface area contributed by atoms with E-state index in [0.717, 1.165) is 18.1 Å². The van der Waals surface area contributed by atoms with Crippen molar-refractivity contribution < 1.29 is 9.84 Å². The van der Waals surface area contributed by atoms with Crippen LogP contribution in [0.15, 0.2) is 47.5 Å². The first-order valence-corrected chi connectivity index (χ1v) is 8.37. The van der Waals surface area contributed by atoms with E-state index in [0.29, 0.717) is 18.7 Å². The van der Waals surface area contributed by atoms with Crippen LogP contribution in [0.3, 0.4) is 0 Å². The lowest BCUT2D eigenvalue weighted by atomic mass is 10.1. The molecule has 0 saturated heterocycles. The third-order valence-corrected chi connectivity index (χ3v) is 4.21. The number of rotatable bonds is 6. The SMILES string of the molecule is CN=C(NCCc1ccc(OC)cc1O)N(C)Cc1ccccc1C.